The molecule has 1 saturated heterocycles. The lowest BCUT2D eigenvalue weighted by Crippen LogP contribution is -2.33. The van der Waals surface area contributed by atoms with E-state index >= 15 is 0 Å². The minimum Gasteiger partial charge on any atom is -0.311 e. The van der Waals surface area contributed by atoms with E-state index in [0.717, 1.165) is 19.1 Å². The largest absolute Gasteiger partial charge is 0.311 e. The van der Waals surface area contributed by atoms with E-state index in [1.807, 2.05) is 11.7 Å². The Morgan fingerprint density at radius 2 is 2.60 bits per heavy atom. The highest BCUT2D eigenvalue weighted by Crippen LogP contribution is 2.15. The van der Waals surface area contributed by atoms with Gasteiger partial charge in [0.15, 0.2) is 0 Å². The lowest BCUT2D eigenvalue weighted by Gasteiger charge is -2.20. The first-order chi connectivity index (χ1) is 7.36. The van der Waals surface area contributed by atoms with Crippen LogP contribution >= 0.6 is 11.3 Å². The van der Waals surface area contributed by atoms with Crippen LogP contribution in [0.1, 0.15) is 24.6 Å². The molecule has 1 aromatic heterocycles. The summed E-state index contributed by atoms with van der Waals surface area (Å²) in [5.41, 5.74) is 1.89. The van der Waals surface area contributed by atoms with E-state index in [9.17, 15) is 0 Å². The molecule has 1 atom stereocenters. The summed E-state index contributed by atoms with van der Waals surface area (Å²) < 4.78 is 0. The van der Waals surface area contributed by atoms with Crippen LogP contribution in [0.15, 0.2) is 11.7 Å². The van der Waals surface area contributed by atoms with E-state index in [1.165, 1.54) is 30.8 Å². The smallest absolute Gasteiger partial charge is 0.0794 e. The van der Waals surface area contributed by atoms with E-state index < -0.39 is 0 Å². The number of hydrogen-bond acceptors (Lipinski definition) is 4. The van der Waals surface area contributed by atoms with E-state index in [1.54, 1.807) is 11.3 Å². The highest BCUT2D eigenvalue weighted by molar-refractivity contribution is 7.09. The molecule has 0 radical (unpaired) electrons. The summed E-state index contributed by atoms with van der Waals surface area (Å²) in [5, 5.41) is 3.46. The lowest BCUT2D eigenvalue weighted by molar-refractivity contribution is 0.268. The highest BCUT2D eigenvalue weighted by Gasteiger charge is 2.18. The summed E-state index contributed by atoms with van der Waals surface area (Å²) in [7, 11) is 0. The molecule has 1 aliphatic heterocycles. The van der Waals surface area contributed by atoms with E-state index in [-0.39, 0.29) is 0 Å². The maximum atomic E-state index is 4.06. The van der Waals surface area contributed by atoms with Gasteiger partial charge in [-0.25, -0.2) is 0 Å². The summed E-state index contributed by atoms with van der Waals surface area (Å²) >= 11 is 1.72. The third-order valence-corrected chi connectivity index (χ3v) is 3.83. The van der Waals surface area contributed by atoms with E-state index in [4.69, 9.17) is 0 Å². The second kappa shape index (κ2) is 5.58. The minimum atomic E-state index is 0.787. The van der Waals surface area contributed by atoms with Gasteiger partial charge in [0.2, 0.25) is 0 Å². The molecule has 1 N–H and O–H groups in total. The molecule has 0 bridgehead atoms. The van der Waals surface area contributed by atoms with Gasteiger partial charge in [-0.2, -0.15) is 0 Å². The van der Waals surface area contributed by atoms with Crippen LogP contribution in [0.5, 0.6) is 0 Å². The van der Waals surface area contributed by atoms with Gasteiger partial charge in [0.1, 0.15) is 0 Å². The van der Waals surface area contributed by atoms with Gasteiger partial charge in [0.05, 0.1) is 5.51 Å². The molecule has 1 fully saturated rings. The number of nitrogens with zero attached hydrogens (tertiary/aromatic N) is 2. The molecule has 0 spiro atoms. The summed E-state index contributed by atoms with van der Waals surface area (Å²) in [6.45, 7) is 6.84. The molecule has 2 rings (SSSR count). The van der Waals surface area contributed by atoms with Crippen molar-refractivity contribution in [3.05, 3.63) is 16.6 Å². The van der Waals surface area contributed by atoms with Gasteiger partial charge in [-0.15, -0.1) is 11.3 Å². The topological polar surface area (TPSA) is 28.2 Å². The van der Waals surface area contributed by atoms with Gasteiger partial charge >= 0.3 is 0 Å². The Morgan fingerprint density at radius 3 is 3.27 bits per heavy atom. The first-order valence-corrected chi connectivity index (χ1v) is 6.56. The van der Waals surface area contributed by atoms with Crippen molar-refractivity contribution in [2.45, 2.75) is 32.4 Å². The van der Waals surface area contributed by atoms with Crippen molar-refractivity contribution < 1.29 is 0 Å². The summed E-state index contributed by atoms with van der Waals surface area (Å²) in [6.07, 6.45) is 4.68. The fraction of sp³-hybridized carbons (Fsp3) is 0.727. The first kappa shape index (κ1) is 11.0. The summed E-state index contributed by atoms with van der Waals surface area (Å²) in [5.74, 6) is 0. The van der Waals surface area contributed by atoms with E-state index in [0.29, 0.717) is 0 Å². The van der Waals surface area contributed by atoms with Crippen molar-refractivity contribution in [2.75, 3.05) is 19.6 Å². The van der Waals surface area contributed by atoms with Crippen LogP contribution in [0.2, 0.25) is 0 Å². The van der Waals surface area contributed by atoms with Crippen molar-refractivity contribution in [3.8, 4) is 0 Å². The zero-order valence-electron chi connectivity index (χ0n) is 9.28. The molecular weight excluding hydrogens is 206 g/mol. The monoisotopic (exact) mass is 225 g/mol. The van der Waals surface area contributed by atoms with Gasteiger partial charge in [0.25, 0.3) is 0 Å². The second-order valence-corrected chi connectivity index (χ2v) is 5.14. The Hall–Kier alpha value is -0.450. The fourth-order valence-electron chi connectivity index (χ4n) is 2.09. The van der Waals surface area contributed by atoms with Crippen molar-refractivity contribution in [1.82, 2.24) is 15.2 Å². The molecule has 15 heavy (non-hydrogen) atoms. The zero-order chi connectivity index (χ0) is 10.5. The maximum Gasteiger partial charge on any atom is 0.0794 e. The van der Waals surface area contributed by atoms with Crippen molar-refractivity contribution in [3.63, 3.8) is 0 Å². The minimum absolute atomic E-state index is 0.787. The van der Waals surface area contributed by atoms with Crippen molar-refractivity contribution in [2.24, 2.45) is 0 Å². The molecule has 0 amide bonds. The first-order valence-electron chi connectivity index (χ1n) is 5.68. The summed E-state index contributed by atoms with van der Waals surface area (Å²) in [6, 6.07) is 0.787. The van der Waals surface area contributed by atoms with Gasteiger partial charge in [-0.3, -0.25) is 9.88 Å². The van der Waals surface area contributed by atoms with Crippen LogP contribution in [0, 0.1) is 0 Å². The molecular formula is C11H19N3S. The Balaban J connectivity index is 1.59. The SMILES string of the molecule is CC1CCCN1CCNCc1cncs1. The van der Waals surface area contributed by atoms with Crippen LogP contribution in [-0.2, 0) is 6.54 Å². The molecule has 0 aromatic carbocycles. The molecule has 1 aromatic rings. The molecule has 0 saturated carbocycles. The molecule has 0 aliphatic carbocycles. The Bertz CT molecular complexity index is 273. The van der Waals surface area contributed by atoms with Gasteiger partial charge in [0, 0.05) is 36.8 Å². The number of likely N-dealkylation sites (tertiary alicyclic amines) is 1. The lowest BCUT2D eigenvalue weighted by atomic mass is 10.2. The average Bonchev–Trinajstić information content (AvgIpc) is 2.85. The Labute approximate surface area is 95.5 Å². The maximum absolute atomic E-state index is 4.06. The highest BCUT2D eigenvalue weighted by atomic mass is 32.1. The zero-order valence-corrected chi connectivity index (χ0v) is 10.1. The normalized spacial score (nSPS) is 22.3. The number of thiazole rings is 1. The van der Waals surface area contributed by atoms with Crippen LogP contribution in [-0.4, -0.2) is 35.6 Å². The van der Waals surface area contributed by atoms with Crippen LogP contribution < -0.4 is 5.32 Å². The van der Waals surface area contributed by atoms with Crippen LogP contribution in [0.4, 0.5) is 0 Å². The molecule has 4 heteroatoms. The number of rotatable bonds is 5. The number of nitrogens with one attached hydrogen (secondary N) is 1. The average molecular weight is 225 g/mol. The predicted octanol–water partition coefficient (Wildman–Crippen LogP) is 1.72. The van der Waals surface area contributed by atoms with E-state index in [2.05, 4.69) is 22.1 Å². The molecule has 1 unspecified atom stereocenters. The number of aromatic nitrogens is 1. The fourth-order valence-corrected chi connectivity index (χ4v) is 2.65. The van der Waals surface area contributed by atoms with Crippen molar-refractivity contribution >= 4 is 11.3 Å². The Morgan fingerprint density at radius 1 is 1.67 bits per heavy atom. The van der Waals surface area contributed by atoms with Gasteiger partial charge in [-0.05, 0) is 26.3 Å². The van der Waals surface area contributed by atoms with Crippen LogP contribution in [0.25, 0.3) is 0 Å². The predicted molar refractivity (Wildman–Crippen MR) is 64.1 cm³/mol. The van der Waals surface area contributed by atoms with Crippen LogP contribution in [0.3, 0.4) is 0 Å². The quantitative estimate of drug-likeness (QED) is 0.773. The Kier molecular flexibility index (Phi) is 4.11. The molecule has 3 nitrogen and oxygen atoms in total. The standard InChI is InChI=1S/C11H19N3S/c1-10-3-2-5-14(10)6-4-12-7-11-8-13-9-15-11/h8-10,12H,2-7H2,1H3. The third-order valence-electron chi connectivity index (χ3n) is 3.05. The molecule has 2 heterocycles. The van der Waals surface area contributed by atoms with Gasteiger partial charge in [-0.1, -0.05) is 0 Å². The molecule has 84 valence electrons. The summed E-state index contributed by atoms with van der Waals surface area (Å²) in [4.78, 5) is 7.95. The van der Waals surface area contributed by atoms with Crippen molar-refractivity contribution in [1.29, 1.82) is 0 Å². The molecule has 1 aliphatic rings. The number of hydrogen-bond donors (Lipinski definition) is 1. The third kappa shape index (κ3) is 3.26. The second-order valence-electron chi connectivity index (χ2n) is 4.17. The van der Waals surface area contributed by atoms with Gasteiger partial charge < -0.3 is 5.32 Å².